The van der Waals surface area contributed by atoms with E-state index in [1.807, 2.05) is 121 Å². The minimum absolute atomic E-state index is 0. The molecule has 125 heavy (non-hydrogen) atoms. The summed E-state index contributed by atoms with van der Waals surface area (Å²) in [6.07, 6.45) is 31.8. The van der Waals surface area contributed by atoms with Gasteiger partial charge in [-0.15, -0.1) is 0 Å². The van der Waals surface area contributed by atoms with Crippen molar-refractivity contribution in [3.05, 3.63) is 144 Å². The third kappa shape index (κ3) is 37.3. The van der Waals surface area contributed by atoms with Gasteiger partial charge in [-0.2, -0.15) is 38.0 Å². The van der Waals surface area contributed by atoms with E-state index < -0.39 is 46.5 Å². The number of halogens is 7. The molecule has 32 heteroatoms. The van der Waals surface area contributed by atoms with E-state index in [0.29, 0.717) is 105 Å². The molecule has 0 amide bonds. The topological polar surface area (TPSA) is 257 Å². The molecular formula is C93H130Br3F4NaO18S6. The normalized spacial score (nSPS) is 24.9. The second-order valence-electron chi connectivity index (χ2n) is 34.7. The molecule has 4 atom stereocenters. The summed E-state index contributed by atoms with van der Waals surface area (Å²) >= 11 is 3.83. The monoisotopic (exact) mass is 2060 g/mol. The van der Waals surface area contributed by atoms with Crippen LogP contribution >= 0.6 is 51.8 Å². The van der Waals surface area contributed by atoms with Crippen LogP contribution in [0.5, 0.6) is 0 Å². The van der Waals surface area contributed by atoms with E-state index >= 15 is 0 Å². The Morgan fingerprint density at radius 1 is 0.392 bits per heavy atom. The van der Waals surface area contributed by atoms with Gasteiger partial charge in [0.2, 0.25) is 17.3 Å². The number of ether oxygens (including phenoxy) is 4. The van der Waals surface area contributed by atoms with Crippen LogP contribution in [0.3, 0.4) is 0 Å². The average Bonchev–Trinajstić information content (AvgIpc) is 1.36. The summed E-state index contributed by atoms with van der Waals surface area (Å²) in [5.41, 5.74) is 2.36. The third-order valence-electron chi connectivity index (χ3n) is 25.0. The first-order chi connectivity index (χ1) is 57.4. The molecule has 14 fully saturated rings. The van der Waals surface area contributed by atoms with Crippen LogP contribution in [0.4, 0.5) is 17.6 Å². The Balaban J connectivity index is 0.000000322. The van der Waals surface area contributed by atoms with Gasteiger partial charge in [-0.3, -0.25) is 38.8 Å². The van der Waals surface area contributed by atoms with Crippen molar-refractivity contribution in [3.63, 3.8) is 0 Å². The number of Topliss-reactive ketones (excluding diaryl/α,β-unsaturated/α-hetero) is 4. The minimum atomic E-state index is -4.03. The molecule has 18 nitrogen and oxygen atoms in total. The van der Waals surface area contributed by atoms with Crippen LogP contribution in [0.1, 0.15) is 256 Å². The van der Waals surface area contributed by atoms with Crippen molar-refractivity contribution in [2.24, 2.45) is 57.2 Å². The van der Waals surface area contributed by atoms with Gasteiger partial charge in [-0.25, -0.2) is 9.59 Å². The van der Waals surface area contributed by atoms with Crippen LogP contribution in [0.25, 0.3) is 0 Å². The van der Waals surface area contributed by atoms with Gasteiger partial charge < -0.3 is 63.4 Å². The van der Waals surface area contributed by atoms with Gasteiger partial charge in [0.1, 0.15) is 58.6 Å². The number of ketones is 4. The van der Waals surface area contributed by atoms with Crippen molar-refractivity contribution < 1.29 is 168 Å². The Kier molecular flexibility index (Phi) is 53.8. The Morgan fingerprint density at radius 2 is 0.648 bits per heavy atom. The number of alkyl halides is 5. The molecule has 10 aliphatic carbocycles. The number of esters is 4. The molecule has 18 rings (SSSR count). The van der Waals surface area contributed by atoms with E-state index in [1.54, 1.807) is 0 Å². The fourth-order valence-corrected chi connectivity index (χ4v) is 29.2. The first-order valence-electron chi connectivity index (χ1n) is 42.5. The molecule has 4 heterocycles. The fraction of sp³-hybridized carbons (Fsp3) is 0.656. The fourth-order valence-electron chi connectivity index (χ4n) is 20.6. The molecule has 0 N–H and O–H groups in total. The SMILES string of the molecule is C.C.C.C1CCSC1.O=C(CBr)c1ccccc1.O=C(C[S+]1CCCC1)c1ccccc1.O=C(C[S+]1CCCC1)c1ccccc1.O=C(C[S+]1CCCC1)c1ccccc1.O=C(OCC12CC3CC(C1)CC(COC(=O)C(F)(F)SOO[O-])(C3)C2)C1CCCCC1.O=C(OCC12CC3CC(C1)CC(COC(=O)C(F)(F)SOO[O-])(C3)C2)C1CCCCC1.[Br-].[Br-].[Na+]. The Labute approximate surface area is 812 Å². The number of hydrogen-bond donors (Lipinski definition) is 0. The first kappa shape index (κ1) is 115. The summed E-state index contributed by atoms with van der Waals surface area (Å²) in [4.78, 5) is 95.2. The smallest absolute Gasteiger partial charge is 1.00 e. The van der Waals surface area contributed by atoms with E-state index in [1.165, 1.54) is 110 Å². The molecule has 0 spiro atoms. The number of hydrogen-bond acceptors (Lipinski definition) is 21. The zero-order valence-electron chi connectivity index (χ0n) is 70.0. The van der Waals surface area contributed by atoms with Crippen molar-refractivity contribution in [2.75, 3.05) is 95.0 Å². The molecule has 10 saturated carbocycles. The predicted molar refractivity (Wildman–Crippen MR) is 483 cm³/mol. The van der Waals surface area contributed by atoms with Gasteiger partial charge in [0.25, 0.3) is 0 Å². The van der Waals surface area contributed by atoms with Crippen LogP contribution in [0, 0.1) is 57.2 Å². The van der Waals surface area contributed by atoms with Gasteiger partial charge in [-0.05, 0) is 222 Å². The minimum Gasteiger partial charge on any atom is -1.00 e. The largest absolute Gasteiger partial charge is 1.00 e. The van der Waals surface area contributed by atoms with E-state index in [2.05, 4.69) is 46.4 Å². The summed E-state index contributed by atoms with van der Waals surface area (Å²) in [5.74, 6) is 12.0. The quantitative estimate of drug-likeness (QED) is 0.00468. The number of carbonyl (C=O) groups excluding carboxylic acids is 8. The van der Waals surface area contributed by atoms with E-state index in [4.69, 9.17) is 18.9 Å². The summed E-state index contributed by atoms with van der Waals surface area (Å²) in [6.45, 7) is 0.522. The van der Waals surface area contributed by atoms with Crippen molar-refractivity contribution in [3.8, 4) is 0 Å². The van der Waals surface area contributed by atoms with E-state index in [9.17, 15) is 66.4 Å². The molecule has 14 aliphatic rings. The number of rotatable bonds is 29. The maximum atomic E-state index is 13.7. The Morgan fingerprint density at radius 3 is 0.888 bits per heavy atom. The van der Waals surface area contributed by atoms with Gasteiger partial charge in [0, 0.05) is 43.9 Å². The van der Waals surface area contributed by atoms with Crippen LogP contribution < -0.4 is 74.0 Å². The molecular weight excluding hydrogens is 1940 g/mol. The molecule has 0 radical (unpaired) electrons. The van der Waals surface area contributed by atoms with Crippen LogP contribution in [-0.4, -0.2) is 153 Å². The summed E-state index contributed by atoms with van der Waals surface area (Å²) in [6, 6.07) is 38.2. The Bertz CT molecular complexity index is 3510. The molecule has 4 unspecified atom stereocenters. The molecule has 4 aromatic carbocycles. The standard InChI is InChI=1S/2C21H30F2O7S.3C12H15OS.C8H7BrO.C4H8S.3CH4.2BrH.Na/c2*22-21(23,31-30-29-26)18(25)28-13-20-9-14-6-15(10-20)8-19(7-14,11-20)12-27-17(24)16-4-2-1-3-5-16;3*13-12(10-14-8-4-5-9-14)11-6-2-1-3-7-11;9-6-8(10)7-4-2-1-3-5-7;1-2-4-5-3-1;;;;;;/h2*14-16,26H,1-13H2;3*1-3,6-7H,4-5,8-10H2;1-5H,6H2;1-4H2;3*1H4;2*1H;/q;;3*+1;;;;;;;;+1/p-4. The van der Waals surface area contributed by atoms with Crippen LogP contribution in [-0.2, 0) is 89.6 Å². The van der Waals surface area contributed by atoms with Gasteiger partial charge in [0.15, 0.2) is 23.0 Å². The summed E-state index contributed by atoms with van der Waals surface area (Å²) < 4.78 is 83.7. The molecule has 696 valence electrons. The molecule has 4 aromatic rings. The number of benzene rings is 4. The zero-order valence-corrected chi connectivity index (χ0v) is 81.6. The van der Waals surface area contributed by atoms with E-state index in [-0.39, 0.29) is 150 Å². The third-order valence-corrected chi connectivity index (χ3v) is 34.9. The maximum absolute atomic E-state index is 13.7. The summed E-state index contributed by atoms with van der Waals surface area (Å²) in [7, 11) is 1.18. The summed E-state index contributed by atoms with van der Waals surface area (Å²) in [5, 5.41) is 17.7. The predicted octanol–water partition coefficient (Wildman–Crippen LogP) is 11.0. The van der Waals surface area contributed by atoms with Crippen molar-refractivity contribution >= 4 is 131 Å². The van der Waals surface area contributed by atoms with Gasteiger partial charge in [0.05, 0.1) is 43.6 Å². The maximum Gasteiger partial charge on any atom is 1.00 e. The number of thioether (sulfide) groups is 1. The van der Waals surface area contributed by atoms with Crippen molar-refractivity contribution in [2.45, 2.75) is 225 Å². The van der Waals surface area contributed by atoms with Crippen molar-refractivity contribution in [1.29, 1.82) is 0 Å². The second kappa shape index (κ2) is 58.6. The van der Waals surface area contributed by atoms with Crippen molar-refractivity contribution in [1.82, 2.24) is 0 Å². The van der Waals surface area contributed by atoms with Gasteiger partial charge >= 0.3 is 63.9 Å². The van der Waals surface area contributed by atoms with E-state index in [0.717, 1.165) is 155 Å². The number of carbonyl (C=O) groups is 8. The second-order valence-corrected chi connectivity index (χ2v) is 45.1. The molecule has 4 aliphatic heterocycles. The molecule has 8 bridgehead atoms. The zero-order chi connectivity index (χ0) is 84.6. The average molecular weight is 2070 g/mol. The Hall–Kier alpha value is -2.54. The molecule has 0 aromatic heterocycles. The van der Waals surface area contributed by atoms with Crippen LogP contribution in [0.2, 0.25) is 0 Å². The van der Waals surface area contributed by atoms with Gasteiger partial charge in [-0.1, -0.05) is 198 Å². The molecule has 4 saturated heterocycles. The first-order valence-corrected chi connectivity index (χ1v) is 51.5. The van der Waals surface area contributed by atoms with Crippen LogP contribution in [0.15, 0.2) is 121 Å².